The Hall–Kier alpha value is -1.69. The van der Waals surface area contributed by atoms with Gasteiger partial charge in [-0.1, -0.05) is 28.1 Å². The molecule has 0 spiro atoms. The maximum atomic E-state index is 11.7. The van der Waals surface area contributed by atoms with Crippen LogP contribution in [0.2, 0.25) is 0 Å². The number of hydrazone groups is 1. The Morgan fingerprint density at radius 2 is 1.84 bits per heavy atom. The molecular formula is C13H14BrN3O2. The summed E-state index contributed by atoms with van der Waals surface area (Å²) in [7, 11) is 0. The van der Waals surface area contributed by atoms with E-state index >= 15 is 0 Å². The van der Waals surface area contributed by atoms with Gasteiger partial charge in [-0.25, -0.2) is 5.43 Å². The smallest absolute Gasteiger partial charge is 0.329 e. The number of benzene rings is 1. The van der Waals surface area contributed by atoms with Gasteiger partial charge in [0.15, 0.2) is 0 Å². The Kier molecular flexibility index (Phi) is 4.68. The maximum absolute atomic E-state index is 11.7. The van der Waals surface area contributed by atoms with E-state index in [4.69, 9.17) is 0 Å². The predicted molar refractivity (Wildman–Crippen MR) is 75.7 cm³/mol. The Balaban J connectivity index is 1.85. The van der Waals surface area contributed by atoms with E-state index in [0.717, 1.165) is 22.9 Å². The molecule has 1 aromatic carbocycles. The topological polar surface area (TPSA) is 61.8 Å². The van der Waals surface area contributed by atoms with Crippen molar-refractivity contribution in [1.82, 2.24) is 10.3 Å². The number of carbonyl (C=O) groups is 2. The van der Waals surface area contributed by atoms with Crippen LogP contribution in [0.4, 0.5) is 0 Å². The lowest BCUT2D eigenvalue weighted by atomic mass is 10.2. The minimum atomic E-state index is -0.685. The molecule has 5 nitrogen and oxygen atoms in total. The second kappa shape index (κ2) is 6.47. The van der Waals surface area contributed by atoms with E-state index in [-0.39, 0.29) is 0 Å². The van der Waals surface area contributed by atoms with Crippen LogP contribution in [-0.2, 0) is 9.59 Å². The number of hydrogen-bond acceptors (Lipinski definition) is 3. The van der Waals surface area contributed by atoms with Gasteiger partial charge in [-0.2, -0.15) is 5.10 Å². The number of nitrogens with zero attached hydrogens (tertiary/aromatic N) is 2. The largest absolute Gasteiger partial charge is 0.334 e. The summed E-state index contributed by atoms with van der Waals surface area (Å²) >= 11 is 3.33. The van der Waals surface area contributed by atoms with Gasteiger partial charge in [0.05, 0.1) is 6.21 Å². The highest BCUT2D eigenvalue weighted by atomic mass is 79.9. The molecule has 0 aromatic heterocycles. The third kappa shape index (κ3) is 3.89. The van der Waals surface area contributed by atoms with E-state index in [0.29, 0.717) is 13.1 Å². The van der Waals surface area contributed by atoms with Crippen molar-refractivity contribution < 1.29 is 9.59 Å². The molecule has 2 amide bonds. The number of nitrogens with one attached hydrogen (secondary N) is 1. The summed E-state index contributed by atoms with van der Waals surface area (Å²) in [4.78, 5) is 24.8. The molecule has 2 rings (SSSR count). The fourth-order valence-corrected chi connectivity index (χ4v) is 2.09. The number of likely N-dealkylation sites (tertiary alicyclic amines) is 1. The lowest BCUT2D eigenvalue weighted by molar-refractivity contribution is -0.145. The van der Waals surface area contributed by atoms with Crippen LogP contribution in [0.25, 0.3) is 0 Å². The summed E-state index contributed by atoms with van der Waals surface area (Å²) in [5.74, 6) is -1.19. The van der Waals surface area contributed by atoms with E-state index in [9.17, 15) is 9.59 Å². The van der Waals surface area contributed by atoms with Crippen LogP contribution < -0.4 is 5.43 Å². The van der Waals surface area contributed by atoms with Crippen molar-refractivity contribution in [3.05, 3.63) is 34.3 Å². The summed E-state index contributed by atoms with van der Waals surface area (Å²) in [6, 6.07) is 7.45. The van der Waals surface area contributed by atoms with Gasteiger partial charge in [0, 0.05) is 17.6 Å². The molecule has 1 heterocycles. The number of rotatable bonds is 2. The highest BCUT2D eigenvalue weighted by Crippen LogP contribution is 2.09. The second-order valence-corrected chi connectivity index (χ2v) is 5.17. The molecule has 0 saturated carbocycles. The summed E-state index contributed by atoms with van der Waals surface area (Å²) in [5, 5.41) is 3.78. The molecular weight excluding hydrogens is 310 g/mol. The quantitative estimate of drug-likeness (QED) is 0.509. The van der Waals surface area contributed by atoms with Gasteiger partial charge in [-0.3, -0.25) is 9.59 Å². The first-order valence-electron chi connectivity index (χ1n) is 6.05. The SMILES string of the molecule is O=C(N/N=C/c1ccc(Br)cc1)C(=O)N1CCCC1. The van der Waals surface area contributed by atoms with Gasteiger partial charge in [-0.05, 0) is 30.5 Å². The van der Waals surface area contributed by atoms with Crippen molar-refractivity contribution in [1.29, 1.82) is 0 Å². The van der Waals surface area contributed by atoms with Crippen molar-refractivity contribution in [3.8, 4) is 0 Å². The average Bonchev–Trinajstić information content (AvgIpc) is 2.94. The molecule has 0 radical (unpaired) electrons. The van der Waals surface area contributed by atoms with Crippen molar-refractivity contribution >= 4 is 34.0 Å². The Bertz CT molecular complexity index is 493. The summed E-state index contributed by atoms with van der Waals surface area (Å²) < 4.78 is 0.970. The van der Waals surface area contributed by atoms with E-state index in [1.807, 2.05) is 24.3 Å². The number of amides is 2. The normalized spacial score (nSPS) is 14.9. The number of hydrogen-bond donors (Lipinski definition) is 1. The van der Waals surface area contributed by atoms with Crippen LogP contribution in [0.15, 0.2) is 33.8 Å². The zero-order valence-electron chi connectivity index (χ0n) is 10.3. The van der Waals surface area contributed by atoms with Crippen LogP contribution in [-0.4, -0.2) is 36.0 Å². The molecule has 6 heteroatoms. The van der Waals surface area contributed by atoms with Gasteiger partial charge in [0.25, 0.3) is 0 Å². The lowest BCUT2D eigenvalue weighted by Gasteiger charge is -2.12. The van der Waals surface area contributed by atoms with Crippen molar-refractivity contribution in [3.63, 3.8) is 0 Å². The molecule has 0 unspecified atom stereocenters. The zero-order chi connectivity index (χ0) is 13.7. The monoisotopic (exact) mass is 323 g/mol. The van der Waals surface area contributed by atoms with Crippen LogP contribution in [0.5, 0.6) is 0 Å². The zero-order valence-corrected chi connectivity index (χ0v) is 11.9. The Morgan fingerprint density at radius 1 is 1.21 bits per heavy atom. The number of carbonyl (C=O) groups excluding carboxylic acids is 2. The summed E-state index contributed by atoms with van der Waals surface area (Å²) in [6.07, 6.45) is 3.42. The van der Waals surface area contributed by atoms with Crippen molar-refractivity contribution in [2.24, 2.45) is 5.10 Å². The fourth-order valence-electron chi connectivity index (χ4n) is 1.83. The standard InChI is InChI=1S/C13H14BrN3O2/c14-11-5-3-10(4-6-11)9-15-16-12(18)13(19)17-7-1-2-8-17/h3-6,9H,1-2,7-8H2,(H,16,18)/b15-9+. The molecule has 1 saturated heterocycles. The highest BCUT2D eigenvalue weighted by Gasteiger charge is 2.23. The predicted octanol–water partition coefficient (Wildman–Crippen LogP) is 1.52. The van der Waals surface area contributed by atoms with Crippen LogP contribution in [0.1, 0.15) is 18.4 Å². The summed E-state index contributed by atoms with van der Waals surface area (Å²) in [6.45, 7) is 1.31. The fraction of sp³-hybridized carbons (Fsp3) is 0.308. The molecule has 1 N–H and O–H groups in total. The van der Waals surface area contributed by atoms with E-state index in [1.54, 1.807) is 4.90 Å². The van der Waals surface area contributed by atoms with Gasteiger partial charge < -0.3 is 4.90 Å². The van der Waals surface area contributed by atoms with Gasteiger partial charge >= 0.3 is 11.8 Å². The van der Waals surface area contributed by atoms with Gasteiger partial charge in [0.1, 0.15) is 0 Å². The van der Waals surface area contributed by atoms with E-state index in [2.05, 4.69) is 26.5 Å². The van der Waals surface area contributed by atoms with Crippen LogP contribution in [0.3, 0.4) is 0 Å². The first kappa shape index (κ1) is 13.7. The molecule has 100 valence electrons. The third-order valence-electron chi connectivity index (χ3n) is 2.84. The lowest BCUT2D eigenvalue weighted by Crippen LogP contribution is -2.39. The van der Waals surface area contributed by atoms with Crippen LogP contribution in [0, 0.1) is 0 Å². The van der Waals surface area contributed by atoms with E-state index < -0.39 is 11.8 Å². The van der Waals surface area contributed by atoms with E-state index in [1.165, 1.54) is 6.21 Å². The highest BCUT2D eigenvalue weighted by molar-refractivity contribution is 9.10. The Labute approximate surface area is 119 Å². The molecule has 0 bridgehead atoms. The molecule has 1 fully saturated rings. The minimum Gasteiger partial charge on any atom is -0.334 e. The first-order chi connectivity index (χ1) is 9.16. The third-order valence-corrected chi connectivity index (χ3v) is 3.37. The molecule has 1 aliphatic heterocycles. The van der Waals surface area contributed by atoms with Crippen molar-refractivity contribution in [2.45, 2.75) is 12.8 Å². The molecule has 19 heavy (non-hydrogen) atoms. The molecule has 1 aliphatic rings. The van der Waals surface area contributed by atoms with Crippen molar-refractivity contribution in [2.75, 3.05) is 13.1 Å². The molecule has 0 aliphatic carbocycles. The Morgan fingerprint density at radius 3 is 2.47 bits per heavy atom. The average molecular weight is 324 g/mol. The number of halogens is 1. The second-order valence-electron chi connectivity index (χ2n) is 4.25. The minimum absolute atomic E-state index is 0.509. The molecule has 0 atom stereocenters. The summed E-state index contributed by atoms with van der Waals surface area (Å²) in [5.41, 5.74) is 3.09. The first-order valence-corrected chi connectivity index (χ1v) is 6.84. The van der Waals surface area contributed by atoms with Gasteiger partial charge in [0.2, 0.25) is 0 Å². The van der Waals surface area contributed by atoms with Crippen LogP contribution >= 0.6 is 15.9 Å². The molecule has 1 aromatic rings. The maximum Gasteiger partial charge on any atom is 0.329 e. The van der Waals surface area contributed by atoms with Gasteiger partial charge in [-0.15, -0.1) is 0 Å².